The molecule has 0 radical (unpaired) electrons. The molecule has 3 aromatic heterocycles. The maximum Gasteiger partial charge on any atom is 0.408 e. The van der Waals surface area contributed by atoms with Gasteiger partial charge in [0.1, 0.15) is 47.6 Å². The molecule has 22 nitrogen and oxygen atoms in total. The molecule has 6 saturated heterocycles. The summed E-state index contributed by atoms with van der Waals surface area (Å²) in [7, 11) is 0. The van der Waals surface area contributed by atoms with Gasteiger partial charge in [0, 0.05) is 37.5 Å². The molecule has 14 rings (SSSR count). The molecule has 4 bridgehead atoms. The molecule has 0 aliphatic carbocycles. The van der Waals surface area contributed by atoms with Gasteiger partial charge in [0.15, 0.2) is 12.3 Å². The number of alkyl carbamates (subject to hydrolysis) is 2. The molecule has 90 heavy (non-hydrogen) atoms. The van der Waals surface area contributed by atoms with Gasteiger partial charge in [0.25, 0.3) is 0 Å². The van der Waals surface area contributed by atoms with E-state index in [4.69, 9.17) is 32.9 Å². The molecule has 8 N–H and O–H groups in total. The minimum atomic E-state index is -1.20. The smallest absolute Gasteiger partial charge is 0.408 e. The quantitative estimate of drug-likeness (QED) is 0.0261. The number of amides is 2. The van der Waals surface area contributed by atoms with Crippen molar-refractivity contribution in [1.82, 2.24) is 35.7 Å². The van der Waals surface area contributed by atoms with Crippen LogP contribution in [0.4, 0.5) is 9.59 Å². The number of aliphatic hydroxyl groups excluding tert-OH is 1. The molecular formula is C68H73N7O15. The van der Waals surface area contributed by atoms with Gasteiger partial charge in [-0.05, 0) is 159 Å². The third-order valence-electron chi connectivity index (χ3n) is 17.1. The lowest BCUT2D eigenvalue weighted by molar-refractivity contribution is -0.0338. The minimum Gasteiger partial charge on any atom is -0.506 e. The normalized spacial score (nSPS) is 20.0. The summed E-state index contributed by atoms with van der Waals surface area (Å²) in [6, 6.07) is 42.1. The Hall–Kier alpha value is -9.48. The molecule has 22 heteroatoms. The molecule has 470 valence electrons. The number of H-pyrrole nitrogens is 1. The lowest BCUT2D eigenvalue weighted by Crippen LogP contribution is -2.52. The number of aryl methyl sites for hydroxylation is 1. The molecule has 0 spiro atoms. The number of nitrogens with one attached hydrogen (secondary N) is 4. The number of aromatic carboxylic acids is 2. The van der Waals surface area contributed by atoms with Gasteiger partial charge in [-0.3, -0.25) is 14.6 Å². The molecule has 6 fully saturated rings. The summed E-state index contributed by atoms with van der Waals surface area (Å²) in [6.07, 6.45) is 3.84. The highest BCUT2D eigenvalue weighted by Gasteiger charge is 2.38. The number of rotatable bonds is 24. The first kappa shape index (κ1) is 62.1. The zero-order chi connectivity index (χ0) is 62.5. The number of aromatic hydroxyl groups is 1. The van der Waals surface area contributed by atoms with Crippen LogP contribution in [0, 0.1) is 11.8 Å². The fourth-order valence-corrected chi connectivity index (χ4v) is 12.3. The van der Waals surface area contributed by atoms with Gasteiger partial charge in [-0.15, -0.1) is 0 Å². The van der Waals surface area contributed by atoms with Crippen molar-refractivity contribution in [2.24, 2.45) is 11.8 Å². The summed E-state index contributed by atoms with van der Waals surface area (Å²) in [5, 5.41) is 49.6. The lowest BCUT2D eigenvalue weighted by atomic mass is 9.86. The molecule has 5 aromatic carbocycles. The second-order valence-corrected chi connectivity index (χ2v) is 23.1. The number of fused-ring (bicyclic) bond motifs is 7. The molecule has 2 amide bonds. The van der Waals surface area contributed by atoms with Crippen molar-refractivity contribution in [2.45, 2.75) is 88.6 Å². The van der Waals surface area contributed by atoms with Crippen LogP contribution in [0.5, 0.6) is 17.2 Å². The number of unbranched alkanes of at least 4 members (excludes halogenated alkanes) is 1. The van der Waals surface area contributed by atoms with E-state index in [9.17, 15) is 39.3 Å². The van der Waals surface area contributed by atoms with Crippen molar-refractivity contribution >= 4 is 35.0 Å². The number of carbonyl (C=O) groups excluding carboxylic acids is 2. The Kier molecular flexibility index (Phi) is 20.2. The number of carboxylic acid groups (broad SMARTS) is 2. The number of phenols is 1. The number of hydrogen-bond acceptors (Lipinski definition) is 17. The van der Waals surface area contributed by atoms with E-state index < -0.39 is 42.3 Å². The van der Waals surface area contributed by atoms with E-state index in [0.717, 1.165) is 87.2 Å². The topological polar surface area (TPSA) is 301 Å². The molecule has 6 aliphatic heterocycles. The number of furan rings is 1. The number of nitrogens with zero attached hydrogens (tertiary/aromatic N) is 3. The van der Waals surface area contributed by atoms with E-state index in [2.05, 4.69) is 35.7 Å². The van der Waals surface area contributed by atoms with Crippen LogP contribution in [0.1, 0.15) is 123 Å². The lowest BCUT2D eigenvalue weighted by Gasteiger charge is -2.43. The minimum absolute atomic E-state index is 0.0757. The van der Waals surface area contributed by atoms with E-state index in [1.807, 2.05) is 97.1 Å². The van der Waals surface area contributed by atoms with Gasteiger partial charge in [0.2, 0.25) is 17.2 Å². The fourth-order valence-electron chi connectivity index (χ4n) is 12.3. The highest BCUT2D eigenvalue weighted by atomic mass is 16.6. The SMILES string of the molecule is O=C(NC(c1ccccc1)c1cccc(OCc2ccc(C(=O)O)o2)c1)O[C@H]1CN2CCC1CC2.O=C(NC(c1ccccc1)c1cccc(OCc2nc(C(=O)O)c(CCCCNC[C@H](O)c3ccc(O)c4[nH]c(=O)ccc34)o2)c1)O[C@H]1CN2CCC1CC2. The first-order valence-electron chi connectivity index (χ1n) is 30.5. The largest absolute Gasteiger partial charge is 0.506 e. The van der Waals surface area contributed by atoms with Crippen LogP contribution < -0.4 is 31.0 Å². The summed E-state index contributed by atoms with van der Waals surface area (Å²) < 4.78 is 34.8. The van der Waals surface area contributed by atoms with Crippen LogP contribution in [0.3, 0.4) is 0 Å². The van der Waals surface area contributed by atoms with Crippen molar-refractivity contribution in [1.29, 1.82) is 0 Å². The van der Waals surface area contributed by atoms with Crippen molar-refractivity contribution in [3.05, 3.63) is 213 Å². The molecule has 0 saturated carbocycles. The van der Waals surface area contributed by atoms with E-state index in [1.165, 1.54) is 18.2 Å². The monoisotopic (exact) mass is 1230 g/mol. The standard InChI is InChI=1S/C41H45N5O9.C27H28N2O6/c47-31-14-12-29(30-13-15-35(49)43-38(30)31)32(48)22-42-18-5-4-11-33-39(40(50)51)44-36(54-33)24-53-28-10-6-9-27(21-28)37(26-7-2-1-3-8-26)45-41(52)55-34-23-46-19-16-25(34)17-20-46;30-26(31)23-10-9-22(34-23)17-33-21-8-4-7-20(15-21)25(19-5-2-1-3-6-19)28-27(32)35-24-16-29-13-11-18(24)12-14-29/h1-3,6-10,12-15,21,25,32,34,37,42,47-48H,4-5,11,16-20,22-24H2,(H,43,49)(H,45,52)(H,50,51);1-10,15,18,24-25H,11-14,16-17H2,(H,28,32)(H,30,31)/t32-,34-,37?;24-,25?/m00/s1. The molecular weight excluding hydrogens is 1150 g/mol. The van der Waals surface area contributed by atoms with Gasteiger partial charge in [-0.2, -0.15) is 0 Å². The van der Waals surface area contributed by atoms with Crippen molar-refractivity contribution < 1.29 is 67.4 Å². The zero-order valence-corrected chi connectivity index (χ0v) is 49.5. The fraction of sp³-hybridized carbons (Fsp3) is 0.353. The van der Waals surface area contributed by atoms with Crippen LogP contribution in [-0.4, -0.2) is 129 Å². The summed E-state index contributed by atoms with van der Waals surface area (Å²) in [5.74, 6) is 0.136. The number of carbonyl (C=O) groups is 4. The number of aromatic amines is 1. The van der Waals surface area contributed by atoms with Crippen molar-refractivity contribution in [3.63, 3.8) is 0 Å². The number of ether oxygens (including phenoxy) is 4. The highest BCUT2D eigenvalue weighted by molar-refractivity contribution is 5.88. The van der Waals surface area contributed by atoms with Crippen LogP contribution >= 0.6 is 0 Å². The third kappa shape index (κ3) is 15.9. The molecule has 9 heterocycles. The van der Waals surface area contributed by atoms with E-state index in [0.29, 0.717) is 65.9 Å². The van der Waals surface area contributed by atoms with Gasteiger partial charge in [-0.25, -0.2) is 24.2 Å². The Bertz CT molecular complexity index is 3800. The number of aromatic nitrogens is 2. The first-order valence-corrected chi connectivity index (χ1v) is 30.5. The van der Waals surface area contributed by atoms with Gasteiger partial charge in [-0.1, -0.05) is 91.0 Å². The van der Waals surface area contributed by atoms with Gasteiger partial charge < -0.3 is 69.1 Å². The van der Waals surface area contributed by atoms with E-state index >= 15 is 0 Å². The molecule has 8 aromatic rings. The molecule has 6 aliphatic rings. The second kappa shape index (κ2) is 29.2. The number of oxazole rings is 1. The number of carboxylic acids is 2. The van der Waals surface area contributed by atoms with Crippen LogP contribution in [-0.2, 0) is 29.1 Å². The molecule has 2 unspecified atom stereocenters. The van der Waals surface area contributed by atoms with E-state index in [1.54, 1.807) is 30.3 Å². The Morgan fingerprint density at radius 3 is 1.73 bits per heavy atom. The number of phenolic OH excluding ortho intramolecular Hbond substituents is 1. The Labute approximate surface area is 518 Å². The number of benzene rings is 5. The summed E-state index contributed by atoms with van der Waals surface area (Å²) >= 11 is 0. The zero-order valence-electron chi connectivity index (χ0n) is 49.5. The van der Waals surface area contributed by atoms with Crippen molar-refractivity contribution in [2.75, 3.05) is 52.4 Å². The number of piperidine rings is 6. The summed E-state index contributed by atoms with van der Waals surface area (Å²) in [5.41, 5.74) is 3.74. The maximum absolute atomic E-state index is 13.2. The predicted octanol–water partition coefficient (Wildman–Crippen LogP) is 9.52. The first-order chi connectivity index (χ1) is 43.8. The van der Waals surface area contributed by atoms with Crippen LogP contribution in [0.2, 0.25) is 0 Å². The Morgan fingerprint density at radius 1 is 0.633 bits per heavy atom. The number of aliphatic hydroxyl groups is 1. The average Bonchev–Trinajstić information content (AvgIpc) is 1.65. The van der Waals surface area contributed by atoms with Crippen LogP contribution in [0.15, 0.2) is 159 Å². The average molecular weight is 1230 g/mol. The predicted molar refractivity (Wildman–Crippen MR) is 329 cm³/mol. The highest BCUT2D eigenvalue weighted by Crippen LogP contribution is 2.34. The van der Waals surface area contributed by atoms with E-state index in [-0.39, 0.29) is 71.9 Å². The molecule has 5 atom stereocenters. The van der Waals surface area contributed by atoms with Crippen molar-refractivity contribution in [3.8, 4) is 17.2 Å². The summed E-state index contributed by atoms with van der Waals surface area (Å²) in [4.78, 5) is 72.4. The Balaban J connectivity index is 0.000000204. The number of pyridine rings is 1. The Morgan fingerprint density at radius 2 is 1.20 bits per heavy atom. The van der Waals surface area contributed by atoms with Gasteiger partial charge >= 0.3 is 24.1 Å². The maximum atomic E-state index is 13.2. The number of hydrogen-bond donors (Lipinski definition) is 8. The second-order valence-electron chi connectivity index (χ2n) is 23.1. The van der Waals surface area contributed by atoms with Gasteiger partial charge in [0.05, 0.1) is 23.7 Å². The third-order valence-corrected chi connectivity index (χ3v) is 17.1. The van der Waals surface area contributed by atoms with Crippen LogP contribution in [0.25, 0.3) is 10.9 Å². The summed E-state index contributed by atoms with van der Waals surface area (Å²) in [6.45, 7) is 6.60.